The summed E-state index contributed by atoms with van der Waals surface area (Å²) >= 11 is 0. The van der Waals surface area contributed by atoms with E-state index in [0.29, 0.717) is 25.2 Å². The molecule has 0 aromatic carbocycles. The van der Waals surface area contributed by atoms with E-state index >= 15 is 0 Å². The van der Waals surface area contributed by atoms with Gasteiger partial charge in [-0.25, -0.2) is 4.68 Å². The number of hydrogen-bond donors (Lipinski definition) is 0. The summed E-state index contributed by atoms with van der Waals surface area (Å²) in [6.07, 6.45) is 2.54. The smallest absolute Gasteiger partial charge is 0.267 e. The molecule has 1 aromatic rings. The van der Waals surface area contributed by atoms with E-state index in [4.69, 9.17) is 0 Å². The fraction of sp³-hybridized carbons (Fsp3) is 0.647. The fourth-order valence-electron chi connectivity index (χ4n) is 3.81. The largest absolute Gasteiger partial charge is 0.342 e. The topological polar surface area (TPSA) is 75.5 Å². The second kappa shape index (κ2) is 6.37. The summed E-state index contributed by atoms with van der Waals surface area (Å²) in [5, 5.41) is 4.11. The van der Waals surface area contributed by atoms with Crippen LogP contribution in [0.15, 0.2) is 16.9 Å². The Hall–Kier alpha value is -2.18. The first-order valence-electron chi connectivity index (χ1n) is 8.57. The SMILES string of the molecule is CCN1CCC[C@@]2(CCN(C(=O)Cn3nc(C)ccc3=O)C2)C1=O. The Balaban J connectivity index is 1.71. The standard InChI is InChI=1S/C17H24N4O3/c1-3-19-9-4-7-17(16(19)24)8-10-20(12-17)15(23)11-21-14(22)6-5-13(2)18-21/h5-6H,3-4,7-12H2,1-2H3/t17-/m0/s1. The average Bonchev–Trinajstić information content (AvgIpc) is 2.99. The van der Waals surface area contributed by atoms with E-state index in [2.05, 4.69) is 5.10 Å². The van der Waals surface area contributed by atoms with E-state index in [1.54, 1.807) is 17.9 Å². The molecule has 2 aliphatic rings. The highest BCUT2D eigenvalue weighted by molar-refractivity contribution is 5.86. The van der Waals surface area contributed by atoms with Gasteiger partial charge in [-0.05, 0) is 39.2 Å². The monoisotopic (exact) mass is 332 g/mol. The molecule has 0 bridgehead atoms. The van der Waals surface area contributed by atoms with E-state index in [0.717, 1.165) is 25.9 Å². The quantitative estimate of drug-likeness (QED) is 0.803. The predicted octanol–water partition coefficient (Wildman–Crippen LogP) is 0.413. The van der Waals surface area contributed by atoms with Crippen LogP contribution in [0.1, 0.15) is 31.9 Å². The summed E-state index contributed by atoms with van der Waals surface area (Å²) in [5.41, 5.74) is -0.00958. The van der Waals surface area contributed by atoms with Crippen molar-refractivity contribution in [2.24, 2.45) is 5.41 Å². The molecule has 0 N–H and O–H groups in total. The van der Waals surface area contributed by atoms with Crippen LogP contribution in [0.5, 0.6) is 0 Å². The zero-order valence-electron chi connectivity index (χ0n) is 14.3. The number of nitrogens with zero attached hydrogens (tertiary/aromatic N) is 4. The molecule has 2 fully saturated rings. The van der Waals surface area contributed by atoms with Crippen molar-refractivity contribution in [1.29, 1.82) is 0 Å². The number of carbonyl (C=O) groups is 2. The third-order valence-electron chi connectivity index (χ3n) is 5.20. The van der Waals surface area contributed by atoms with Crippen molar-refractivity contribution >= 4 is 11.8 Å². The van der Waals surface area contributed by atoms with E-state index in [1.807, 2.05) is 11.8 Å². The number of aryl methyl sites for hydroxylation is 1. The molecule has 1 atom stereocenters. The minimum Gasteiger partial charge on any atom is -0.342 e. The van der Waals surface area contributed by atoms with E-state index in [9.17, 15) is 14.4 Å². The van der Waals surface area contributed by atoms with Crippen molar-refractivity contribution in [3.05, 3.63) is 28.2 Å². The second-order valence-corrected chi connectivity index (χ2v) is 6.80. The predicted molar refractivity (Wildman–Crippen MR) is 88.4 cm³/mol. The molecule has 2 amide bonds. The van der Waals surface area contributed by atoms with Crippen molar-refractivity contribution in [3.63, 3.8) is 0 Å². The van der Waals surface area contributed by atoms with Gasteiger partial charge in [0.1, 0.15) is 6.54 Å². The van der Waals surface area contributed by atoms with E-state index in [1.165, 1.54) is 10.7 Å². The summed E-state index contributed by atoms with van der Waals surface area (Å²) in [5.74, 6) is 0.0332. The van der Waals surface area contributed by atoms with Gasteiger partial charge in [0.05, 0.1) is 11.1 Å². The molecule has 7 heteroatoms. The summed E-state index contributed by atoms with van der Waals surface area (Å²) in [6, 6.07) is 3.05. The molecule has 0 radical (unpaired) electrons. The van der Waals surface area contributed by atoms with Crippen LogP contribution in [-0.4, -0.2) is 57.6 Å². The van der Waals surface area contributed by atoms with Gasteiger partial charge >= 0.3 is 0 Å². The Morgan fingerprint density at radius 1 is 1.25 bits per heavy atom. The zero-order chi connectivity index (χ0) is 17.3. The number of carbonyl (C=O) groups excluding carboxylic acids is 2. The van der Waals surface area contributed by atoms with Crippen LogP contribution in [0.4, 0.5) is 0 Å². The summed E-state index contributed by atoms with van der Waals surface area (Å²) in [4.78, 5) is 40.7. The molecule has 1 aromatic heterocycles. The van der Waals surface area contributed by atoms with Crippen LogP contribution in [0, 0.1) is 12.3 Å². The highest BCUT2D eigenvalue weighted by atomic mass is 16.2. The Bertz CT molecular complexity index is 714. The fourth-order valence-corrected chi connectivity index (χ4v) is 3.81. The molecular formula is C17H24N4O3. The first-order valence-corrected chi connectivity index (χ1v) is 8.57. The van der Waals surface area contributed by atoms with Gasteiger partial charge in [-0.3, -0.25) is 14.4 Å². The Kier molecular flexibility index (Phi) is 4.43. The normalized spacial score (nSPS) is 24.0. The van der Waals surface area contributed by atoms with Crippen molar-refractivity contribution in [1.82, 2.24) is 19.6 Å². The molecule has 2 aliphatic heterocycles. The van der Waals surface area contributed by atoms with Crippen LogP contribution in [0.25, 0.3) is 0 Å². The van der Waals surface area contributed by atoms with Gasteiger partial charge in [0.2, 0.25) is 11.8 Å². The minimum atomic E-state index is -0.422. The number of hydrogen-bond acceptors (Lipinski definition) is 4. The molecule has 1 spiro atoms. The first kappa shape index (κ1) is 16.7. The van der Waals surface area contributed by atoms with Gasteiger partial charge in [0, 0.05) is 32.2 Å². The summed E-state index contributed by atoms with van der Waals surface area (Å²) in [7, 11) is 0. The first-order chi connectivity index (χ1) is 11.4. The highest BCUT2D eigenvalue weighted by Gasteiger charge is 2.48. The molecule has 2 saturated heterocycles. The van der Waals surface area contributed by atoms with Gasteiger partial charge in [-0.1, -0.05) is 0 Å². The molecule has 24 heavy (non-hydrogen) atoms. The number of piperidine rings is 1. The minimum absolute atomic E-state index is 0.0672. The van der Waals surface area contributed by atoms with Crippen LogP contribution in [0.2, 0.25) is 0 Å². The van der Waals surface area contributed by atoms with E-state index < -0.39 is 5.41 Å². The number of aromatic nitrogens is 2. The molecule has 0 aliphatic carbocycles. The van der Waals surface area contributed by atoms with Crippen molar-refractivity contribution in [3.8, 4) is 0 Å². The summed E-state index contributed by atoms with van der Waals surface area (Å²) < 4.78 is 1.20. The molecular weight excluding hydrogens is 308 g/mol. The molecule has 0 unspecified atom stereocenters. The highest BCUT2D eigenvalue weighted by Crippen LogP contribution is 2.40. The Morgan fingerprint density at radius 2 is 2.04 bits per heavy atom. The van der Waals surface area contributed by atoms with Crippen molar-refractivity contribution in [2.45, 2.75) is 39.7 Å². The lowest BCUT2D eigenvalue weighted by Gasteiger charge is -2.38. The number of rotatable bonds is 3. The molecule has 130 valence electrons. The van der Waals surface area contributed by atoms with Gasteiger partial charge in [0.25, 0.3) is 5.56 Å². The van der Waals surface area contributed by atoms with Gasteiger partial charge in [-0.15, -0.1) is 0 Å². The number of likely N-dealkylation sites (tertiary alicyclic amines) is 2. The second-order valence-electron chi connectivity index (χ2n) is 6.80. The molecule has 3 heterocycles. The van der Waals surface area contributed by atoms with Crippen LogP contribution in [-0.2, 0) is 16.1 Å². The lowest BCUT2D eigenvalue weighted by atomic mass is 9.78. The van der Waals surface area contributed by atoms with Gasteiger partial charge in [0.15, 0.2) is 0 Å². The maximum Gasteiger partial charge on any atom is 0.267 e. The Labute approximate surface area is 141 Å². The van der Waals surface area contributed by atoms with Crippen LogP contribution >= 0.6 is 0 Å². The lowest BCUT2D eigenvalue weighted by Crippen LogP contribution is -2.50. The average molecular weight is 332 g/mol. The van der Waals surface area contributed by atoms with Gasteiger partial charge < -0.3 is 9.80 Å². The van der Waals surface area contributed by atoms with E-state index in [-0.39, 0.29) is 23.9 Å². The third-order valence-corrected chi connectivity index (χ3v) is 5.20. The molecule has 7 nitrogen and oxygen atoms in total. The van der Waals surface area contributed by atoms with Crippen molar-refractivity contribution in [2.75, 3.05) is 26.2 Å². The zero-order valence-corrected chi connectivity index (χ0v) is 14.3. The maximum absolute atomic E-state index is 12.7. The lowest BCUT2D eigenvalue weighted by molar-refractivity contribution is -0.145. The Morgan fingerprint density at radius 3 is 2.79 bits per heavy atom. The molecule has 0 saturated carbocycles. The van der Waals surface area contributed by atoms with Gasteiger partial charge in [-0.2, -0.15) is 5.10 Å². The molecule has 3 rings (SSSR count). The summed E-state index contributed by atoms with van der Waals surface area (Å²) in [6.45, 7) is 6.27. The van der Waals surface area contributed by atoms with Crippen LogP contribution < -0.4 is 5.56 Å². The third kappa shape index (κ3) is 2.95. The number of amides is 2. The van der Waals surface area contributed by atoms with Crippen LogP contribution in [0.3, 0.4) is 0 Å². The van der Waals surface area contributed by atoms with Crippen molar-refractivity contribution < 1.29 is 9.59 Å². The maximum atomic E-state index is 12.7.